The fourth-order valence-electron chi connectivity index (χ4n) is 3.30. The molecule has 0 amide bonds. The molecule has 0 aromatic heterocycles. The van der Waals surface area contributed by atoms with Crippen molar-refractivity contribution in [2.45, 2.75) is 50.3 Å². The molecule has 2 atom stereocenters. The highest BCUT2D eigenvalue weighted by atomic mass is 16.9. The predicted molar refractivity (Wildman–Crippen MR) is 74.3 cm³/mol. The van der Waals surface area contributed by atoms with E-state index >= 15 is 0 Å². The quantitative estimate of drug-likeness (QED) is 0.647. The molecule has 1 aromatic rings. The lowest BCUT2D eigenvalue weighted by Crippen LogP contribution is -2.43. The number of hydrogen-bond donors (Lipinski definition) is 2. The topological polar surface area (TPSA) is 102 Å². The first-order valence-corrected chi connectivity index (χ1v) is 7.63. The third kappa shape index (κ3) is 2.27. The van der Waals surface area contributed by atoms with Crippen LogP contribution in [0.5, 0.6) is 5.75 Å². The van der Waals surface area contributed by atoms with Crippen molar-refractivity contribution in [3.05, 3.63) is 28.8 Å². The molecule has 122 valence electrons. The second kappa shape index (κ2) is 4.94. The molecule has 7 nitrogen and oxygen atoms in total. The number of esters is 2. The second-order valence-corrected chi connectivity index (χ2v) is 6.13. The molecule has 1 saturated heterocycles. The van der Waals surface area contributed by atoms with E-state index in [1.165, 1.54) is 11.1 Å². The van der Waals surface area contributed by atoms with Crippen LogP contribution in [0.15, 0.2) is 12.1 Å². The van der Waals surface area contributed by atoms with E-state index in [0.717, 1.165) is 31.2 Å². The van der Waals surface area contributed by atoms with E-state index in [-0.39, 0.29) is 6.42 Å². The highest BCUT2D eigenvalue weighted by molar-refractivity contribution is 5.87. The van der Waals surface area contributed by atoms with Crippen LogP contribution in [0.25, 0.3) is 0 Å². The number of ether oxygens (including phenoxy) is 3. The number of carbonyl (C=O) groups is 2. The van der Waals surface area contributed by atoms with Gasteiger partial charge in [-0.05, 0) is 42.9 Å². The summed E-state index contributed by atoms with van der Waals surface area (Å²) < 4.78 is 15.7. The van der Waals surface area contributed by atoms with Crippen molar-refractivity contribution in [3.63, 3.8) is 0 Å². The number of benzene rings is 1. The van der Waals surface area contributed by atoms with E-state index < -0.39 is 30.1 Å². The summed E-state index contributed by atoms with van der Waals surface area (Å²) >= 11 is 0. The minimum atomic E-state index is -1.98. The Kier molecular flexibility index (Phi) is 3.11. The molecule has 4 rings (SSSR count). The van der Waals surface area contributed by atoms with Gasteiger partial charge in [-0.1, -0.05) is 6.07 Å². The molecule has 3 aliphatic rings. The molecule has 1 fully saturated rings. The number of aryl methyl sites for hydroxylation is 2. The highest BCUT2D eigenvalue weighted by Gasteiger charge is 2.54. The third-order valence-corrected chi connectivity index (χ3v) is 4.49. The van der Waals surface area contributed by atoms with Crippen LogP contribution in [0.3, 0.4) is 0 Å². The van der Waals surface area contributed by atoms with E-state index in [0.29, 0.717) is 5.75 Å². The number of aliphatic hydroxyl groups excluding tert-OH is 2. The average Bonchev–Trinajstić information content (AvgIpc) is 2.83. The smallest absolute Gasteiger partial charge is 0.420 e. The lowest BCUT2D eigenvalue weighted by atomic mass is 9.90. The van der Waals surface area contributed by atoms with Crippen molar-refractivity contribution in [2.75, 3.05) is 0 Å². The Morgan fingerprint density at radius 2 is 1.43 bits per heavy atom. The first kappa shape index (κ1) is 14.5. The van der Waals surface area contributed by atoms with Gasteiger partial charge in [0.1, 0.15) is 5.75 Å². The molecule has 2 N–H and O–H groups in total. The van der Waals surface area contributed by atoms with Gasteiger partial charge in [0.2, 0.25) is 0 Å². The van der Waals surface area contributed by atoms with Crippen molar-refractivity contribution < 1.29 is 34.0 Å². The van der Waals surface area contributed by atoms with Crippen LogP contribution in [0.1, 0.15) is 29.5 Å². The minimum Gasteiger partial charge on any atom is -0.420 e. The Hall–Kier alpha value is -2.12. The zero-order valence-corrected chi connectivity index (χ0v) is 12.3. The maximum Gasteiger partial charge on any atom is 0.425 e. The second-order valence-electron chi connectivity index (χ2n) is 6.13. The summed E-state index contributed by atoms with van der Waals surface area (Å²) in [5, 5.41) is 19.1. The van der Waals surface area contributed by atoms with Crippen molar-refractivity contribution in [1.29, 1.82) is 0 Å². The Bertz CT molecular complexity index is 637. The monoisotopic (exact) mass is 320 g/mol. The highest BCUT2D eigenvalue weighted by Crippen LogP contribution is 2.41. The van der Waals surface area contributed by atoms with Crippen LogP contribution in [0.4, 0.5) is 0 Å². The first-order valence-electron chi connectivity index (χ1n) is 7.63. The van der Waals surface area contributed by atoms with E-state index in [9.17, 15) is 19.8 Å². The van der Waals surface area contributed by atoms with Crippen molar-refractivity contribution in [1.82, 2.24) is 0 Å². The number of hydrogen-bond acceptors (Lipinski definition) is 7. The Labute approximate surface area is 131 Å². The molecule has 2 aliphatic heterocycles. The molecule has 0 bridgehead atoms. The van der Waals surface area contributed by atoms with Gasteiger partial charge in [0.15, 0.2) is 12.2 Å². The summed E-state index contributed by atoms with van der Waals surface area (Å²) in [6.45, 7) is 0. The van der Waals surface area contributed by atoms with Crippen molar-refractivity contribution in [3.8, 4) is 5.75 Å². The molecule has 2 unspecified atom stereocenters. The predicted octanol–water partition coefficient (Wildman–Crippen LogP) is -0.0241. The molecular formula is C16H16O7. The van der Waals surface area contributed by atoms with Gasteiger partial charge in [0.25, 0.3) is 0 Å². The molecule has 1 aliphatic carbocycles. The third-order valence-electron chi connectivity index (χ3n) is 4.49. The zero-order valence-electron chi connectivity index (χ0n) is 12.3. The SMILES string of the molecule is O=C1OC2(Cc3cc4c(cc3O2)CCCC4)OC(=O)C(O)C1O. The van der Waals surface area contributed by atoms with E-state index in [4.69, 9.17) is 14.2 Å². The number of aliphatic hydroxyl groups is 2. The van der Waals surface area contributed by atoms with E-state index in [1.807, 2.05) is 12.1 Å². The Morgan fingerprint density at radius 3 is 2.04 bits per heavy atom. The summed E-state index contributed by atoms with van der Waals surface area (Å²) in [6.07, 6.45) is 0.235. The van der Waals surface area contributed by atoms with Gasteiger partial charge >= 0.3 is 17.9 Å². The van der Waals surface area contributed by atoms with Gasteiger partial charge in [-0.3, -0.25) is 0 Å². The molecule has 0 radical (unpaired) electrons. The number of fused-ring (bicyclic) bond motifs is 2. The summed E-state index contributed by atoms with van der Waals surface area (Å²) in [5.41, 5.74) is 3.18. The van der Waals surface area contributed by atoms with Gasteiger partial charge in [-0.25, -0.2) is 9.59 Å². The minimum absolute atomic E-state index is 0.0343. The fraction of sp³-hybridized carbons (Fsp3) is 0.500. The maximum atomic E-state index is 11.8. The largest absolute Gasteiger partial charge is 0.425 e. The van der Waals surface area contributed by atoms with Crippen LogP contribution in [-0.4, -0.2) is 40.3 Å². The molecule has 2 heterocycles. The number of rotatable bonds is 0. The van der Waals surface area contributed by atoms with Crippen LogP contribution < -0.4 is 4.74 Å². The summed E-state index contributed by atoms with van der Waals surface area (Å²) in [4.78, 5) is 23.6. The van der Waals surface area contributed by atoms with E-state index in [1.54, 1.807) is 0 Å². The van der Waals surface area contributed by atoms with Gasteiger partial charge in [-0.15, -0.1) is 0 Å². The fourth-order valence-corrected chi connectivity index (χ4v) is 3.30. The molecule has 7 heteroatoms. The van der Waals surface area contributed by atoms with Crippen LogP contribution in [0.2, 0.25) is 0 Å². The van der Waals surface area contributed by atoms with Crippen LogP contribution in [0, 0.1) is 0 Å². The summed E-state index contributed by atoms with van der Waals surface area (Å²) in [5.74, 6) is -3.75. The molecule has 0 saturated carbocycles. The van der Waals surface area contributed by atoms with Gasteiger partial charge in [0.05, 0.1) is 6.42 Å². The van der Waals surface area contributed by atoms with Crippen LogP contribution in [-0.2, 0) is 38.3 Å². The summed E-state index contributed by atoms with van der Waals surface area (Å²) in [6, 6.07) is 3.87. The number of carbonyl (C=O) groups excluding carboxylic acids is 2. The Morgan fingerprint density at radius 1 is 0.870 bits per heavy atom. The van der Waals surface area contributed by atoms with Crippen molar-refractivity contribution >= 4 is 11.9 Å². The zero-order chi connectivity index (χ0) is 16.2. The average molecular weight is 320 g/mol. The first-order chi connectivity index (χ1) is 11.0. The normalized spacial score (nSPS) is 32.4. The molecule has 23 heavy (non-hydrogen) atoms. The van der Waals surface area contributed by atoms with Crippen LogP contribution >= 0.6 is 0 Å². The maximum absolute atomic E-state index is 11.8. The molecular weight excluding hydrogens is 304 g/mol. The lowest BCUT2D eigenvalue weighted by molar-refractivity contribution is -0.297. The van der Waals surface area contributed by atoms with Gasteiger partial charge in [0, 0.05) is 5.56 Å². The lowest BCUT2D eigenvalue weighted by Gasteiger charge is -2.24. The summed E-state index contributed by atoms with van der Waals surface area (Å²) in [7, 11) is 0. The Balaban J connectivity index is 1.68. The standard InChI is InChI=1S/C16H16O7/c17-12-13(18)15(20)23-16(22-14(12)19)7-10-5-8-3-1-2-4-9(8)6-11(10)21-16/h5-6,12-13,17-18H,1-4,7H2. The molecule has 1 aromatic carbocycles. The van der Waals surface area contributed by atoms with Crippen molar-refractivity contribution in [2.24, 2.45) is 0 Å². The van der Waals surface area contributed by atoms with Gasteiger partial charge < -0.3 is 24.4 Å². The molecule has 1 spiro atoms. The van der Waals surface area contributed by atoms with Gasteiger partial charge in [-0.2, -0.15) is 0 Å². The van der Waals surface area contributed by atoms with E-state index in [2.05, 4.69) is 0 Å².